The molecule has 9 N–H and O–H groups in total. The van der Waals surface area contributed by atoms with Crippen LogP contribution in [0.2, 0.25) is 5.28 Å². The van der Waals surface area contributed by atoms with Crippen LogP contribution in [-0.2, 0) is 74.8 Å². The van der Waals surface area contributed by atoms with E-state index in [1.54, 1.807) is 13.8 Å². The predicted molar refractivity (Wildman–Crippen MR) is 306 cm³/mol. The van der Waals surface area contributed by atoms with E-state index in [2.05, 4.69) is 72.9 Å². The van der Waals surface area contributed by atoms with Gasteiger partial charge in [-0.2, -0.15) is 58.9 Å². The number of halogens is 2. The molecule has 83 heavy (non-hydrogen) atoms. The highest BCUT2D eigenvalue weighted by Gasteiger charge is 2.30. The van der Waals surface area contributed by atoms with Gasteiger partial charge >= 0.3 is 10.4 Å². The zero-order chi connectivity index (χ0) is 60.2. The van der Waals surface area contributed by atoms with Crippen LogP contribution in [0.1, 0.15) is 26.0 Å². The van der Waals surface area contributed by atoms with Gasteiger partial charge in [-0.3, -0.25) is 27.2 Å². The van der Waals surface area contributed by atoms with Gasteiger partial charge in [-0.15, -0.1) is 23.4 Å². The van der Waals surface area contributed by atoms with Crippen molar-refractivity contribution in [3.05, 3.63) is 108 Å². The number of hydrogen-bond donors (Lipinski definition) is 9. The minimum atomic E-state index is -5.41. The first-order valence-corrected chi connectivity index (χ1v) is 31.0. The van der Waals surface area contributed by atoms with Crippen molar-refractivity contribution in [3.8, 4) is 11.5 Å². The standard InChI is InChI=1S/C41H34Cl2N10O20S6.C2H4.2CH4/c1-19-11-21-13-30(76(60,61)62)35(52-50-22-5-7-24(8-6-22)75(58,59)18-73-79(69,70)71)37(56)33(21)29(12-19)46-41-48-39(43)47-40(49-41)44-23-4-3-20(2)28(14-23)51-53-34-31(77(63,64)65)15-26-25(36(34)55)9-10-27(38(26)78(66,67)68)45-32(54)16-74(57)72-17-42;1-2;;/h3-15,55-56H,16-18H2,1-2H3,(H,45,54)(H,60,61,62)(H,63,64,65)(H,66,67,68)(H,69,70,71)(H2,44,46,47,48,49);1-2H2;2*1H4. The molecule has 1 heterocycles. The lowest BCUT2D eigenvalue weighted by Gasteiger charge is -2.15. The number of carbonyl (C=O) groups is 1. The number of nitrogens with one attached hydrogen (secondary N) is 3. The van der Waals surface area contributed by atoms with Crippen LogP contribution in [0.25, 0.3) is 21.5 Å². The van der Waals surface area contributed by atoms with Crippen LogP contribution in [0.5, 0.6) is 11.5 Å². The van der Waals surface area contributed by atoms with Gasteiger partial charge in [0.2, 0.25) is 32.9 Å². The molecule has 1 amide bonds. The third kappa shape index (κ3) is 16.9. The van der Waals surface area contributed by atoms with Crippen LogP contribution in [-0.4, -0.2) is 113 Å². The quantitative estimate of drug-likeness (QED) is 0.0148. The third-order valence-corrected chi connectivity index (χ3v) is 16.3. The van der Waals surface area contributed by atoms with Gasteiger partial charge < -0.3 is 26.2 Å². The topological polar surface area (TPSA) is 469 Å². The molecule has 30 nitrogen and oxygen atoms in total. The van der Waals surface area contributed by atoms with Gasteiger partial charge in [-0.1, -0.05) is 38.6 Å². The van der Waals surface area contributed by atoms with E-state index >= 15 is 0 Å². The number of aromatic nitrogens is 3. The summed E-state index contributed by atoms with van der Waals surface area (Å²) >= 11 is 9.38. The van der Waals surface area contributed by atoms with Gasteiger partial charge in [0.05, 0.1) is 27.6 Å². The monoisotopic (exact) mass is 1310 g/mol. The molecule has 446 valence electrons. The van der Waals surface area contributed by atoms with Crippen molar-refractivity contribution >= 4 is 164 Å². The van der Waals surface area contributed by atoms with Crippen molar-refractivity contribution in [2.75, 3.05) is 33.7 Å². The summed E-state index contributed by atoms with van der Waals surface area (Å²) in [4.78, 5) is 21.3. The molecule has 7 aromatic rings. The van der Waals surface area contributed by atoms with Crippen LogP contribution in [0.4, 0.5) is 51.7 Å². The van der Waals surface area contributed by atoms with Crippen LogP contribution < -0.4 is 16.0 Å². The molecule has 0 spiro atoms. The van der Waals surface area contributed by atoms with E-state index in [9.17, 15) is 75.0 Å². The van der Waals surface area contributed by atoms with Crippen molar-refractivity contribution in [2.24, 2.45) is 20.5 Å². The summed E-state index contributed by atoms with van der Waals surface area (Å²) in [5.74, 6) is -5.85. The Balaban J connectivity index is 0.00000366. The maximum atomic E-state index is 12.7. The van der Waals surface area contributed by atoms with Gasteiger partial charge in [0, 0.05) is 21.8 Å². The Labute approximate surface area is 486 Å². The molecule has 0 aliphatic heterocycles. The maximum absolute atomic E-state index is 12.7. The summed E-state index contributed by atoms with van der Waals surface area (Å²) < 4.78 is 182. The molecule has 0 aliphatic rings. The summed E-state index contributed by atoms with van der Waals surface area (Å²) in [5.41, 5.74) is -1.51. The summed E-state index contributed by atoms with van der Waals surface area (Å²) in [6.07, 6.45) is 0. The van der Waals surface area contributed by atoms with E-state index in [0.717, 1.165) is 42.5 Å². The second-order valence-electron chi connectivity index (χ2n) is 15.9. The number of rotatable bonds is 20. The highest BCUT2D eigenvalue weighted by molar-refractivity contribution is 7.92. The molecular weight excluding hydrogens is 1260 g/mol. The van der Waals surface area contributed by atoms with E-state index < -0.39 is 150 Å². The Morgan fingerprint density at radius 3 is 1.87 bits per heavy atom. The number of phenolic OH excluding ortho intramolecular Hbond substituents is 2. The zero-order valence-corrected chi connectivity index (χ0v) is 47.2. The number of nitrogens with zero attached hydrogens (tertiary/aromatic N) is 7. The first-order valence-electron chi connectivity index (χ1n) is 21.5. The van der Waals surface area contributed by atoms with E-state index in [-0.39, 0.29) is 60.3 Å². The van der Waals surface area contributed by atoms with E-state index in [0.29, 0.717) is 17.2 Å². The summed E-state index contributed by atoms with van der Waals surface area (Å²) in [6, 6.07) is 14.2. The number of aryl methyl sites for hydroxylation is 2. The lowest BCUT2D eigenvalue weighted by atomic mass is 10.0. The molecule has 1 unspecified atom stereocenters. The molecule has 6 aromatic carbocycles. The third-order valence-electron chi connectivity index (χ3n) is 10.4. The van der Waals surface area contributed by atoms with Crippen LogP contribution in [0.3, 0.4) is 0 Å². The largest absolute Gasteiger partial charge is 0.505 e. The lowest BCUT2D eigenvalue weighted by Crippen LogP contribution is -2.21. The number of alkyl halides is 1. The van der Waals surface area contributed by atoms with Crippen LogP contribution in [0, 0.1) is 13.8 Å². The number of azo groups is 2. The van der Waals surface area contributed by atoms with Crippen molar-refractivity contribution < 1.29 is 87.9 Å². The molecular formula is C45H46Cl2N10O20S6. The molecule has 0 saturated carbocycles. The number of carbonyl (C=O) groups excluding carboxylic acids is 1. The Bertz CT molecular complexity index is 4370. The number of phenols is 2. The predicted octanol–water partition coefficient (Wildman–Crippen LogP) is 9.36. The molecule has 0 radical (unpaired) electrons. The Kier molecular flexibility index (Phi) is 22.1. The SMILES string of the molecule is C.C.C=C.Cc1cc(Nc2nc(Cl)nc(Nc3ccc(C)c(N=Nc4c(S(=O)(=O)O)cc5c(S(=O)(=O)O)c(NC(=O)CS(=O)OCCl)ccc5c4O)c3)n2)c2c(O)c(N=Nc3ccc(S(=O)(=O)COS(=O)(=O)O)cc3)c(S(=O)(=O)O)cc2c1. The maximum Gasteiger partial charge on any atom is 0.398 e. The van der Waals surface area contributed by atoms with Gasteiger partial charge in [0.15, 0.2) is 28.5 Å². The number of fused-ring (bicyclic) bond motifs is 2. The van der Waals surface area contributed by atoms with Crippen LogP contribution >= 0.6 is 23.2 Å². The second-order valence-corrected chi connectivity index (χ2v) is 24.8. The molecule has 1 aromatic heterocycles. The normalized spacial score (nSPS) is 12.5. The molecule has 0 fully saturated rings. The van der Waals surface area contributed by atoms with Crippen molar-refractivity contribution in [2.45, 2.75) is 48.3 Å². The van der Waals surface area contributed by atoms with E-state index in [1.165, 1.54) is 30.3 Å². The smallest absolute Gasteiger partial charge is 0.398 e. The molecule has 0 aliphatic carbocycles. The van der Waals surface area contributed by atoms with Gasteiger partial charge in [-0.25, -0.2) is 16.8 Å². The number of hydrogen-bond acceptors (Lipinski definition) is 25. The zero-order valence-electron chi connectivity index (χ0n) is 40.8. The Hall–Kier alpha value is -7.30. The Morgan fingerprint density at radius 1 is 0.687 bits per heavy atom. The average molecular weight is 1310 g/mol. The molecule has 0 bridgehead atoms. The minimum Gasteiger partial charge on any atom is -0.505 e. The number of benzene rings is 6. The number of aromatic hydroxyl groups is 2. The average Bonchev–Trinajstić information content (AvgIpc) is 3.56. The molecule has 7 rings (SSSR count). The van der Waals surface area contributed by atoms with Gasteiger partial charge in [0.1, 0.15) is 37.9 Å². The fraction of sp³-hybridized carbons (Fsp3) is 0.156. The molecule has 38 heteroatoms. The first kappa shape index (κ1) is 68.2. The second kappa shape index (κ2) is 27.0. The lowest BCUT2D eigenvalue weighted by molar-refractivity contribution is -0.113. The van der Waals surface area contributed by atoms with E-state index in [4.69, 9.17) is 27.8 Å². The highest BCUT2D eigenvalue weighted by Crippen LogP contribution is 2.47. The first-order chi connectivity index (χ1) is 37.7. The number of sulfone groups is 1. The highest BCUT2D eigenvalue weighted by atomic mass is 35.5. The summed E-state index contributed by atoms with van der Waals surface area (Å²) in [6.45, 7) is 9.15. The number of anilines is 5. The summed E-state index contributed by atoms with van der Waals surface area (Å²) in [5, 5.41) is 44.7. The Morgan fingerprint density at radius 2 is 1.28 bits per heavy atom. The van der Waals surface area contributed by atoms with Crippen LogP contribution in [0.15, 0.2) is 132 Å². The van der Waals surface area contributed by atoms with Crippen molar-refractivity contribution in [1.29, 1.82) is 0 Å². The van der Waals surface area contributed by atoms with Crippen molar-refractivity contribution in [1.82, 2.24) is 15.0 Å². The fourth-order valence-electron chi connectivity index (χ4n) is 7.11. The van der Waals surface area contributed by atoms with Gasteiger partial charge in [0.25, 0.3) is 30.4 Å². The number of amides is 1. The fourth-order valence-corrected chi connectivity index (χ4v) is 11.9. The summed E-state index contributed by atoms with van der Waals surface area (Å²) in [7, 11) is -25.4. The van der Waals surface area contributed by atoms with Gasteiger partial charge in [-0.05, 0) is 109 Å². The van der Waals surface area contributed by atoms with E-state index in [1.807, 2.05) is 0 Å². The molecule has 0 saturated heterocycles. The molecule has 1 atom stereocenters. The van der Waals surface area contributed by atoms with Crippen molar-refractivity contribution in [3.63, 3.8) is 0 Å². The minimum absolute atomic E-state index is 0.